The third-order valence-electron chi connectivity index (χ3n) is 10.6. The van der Waals surface area contributed by atoms with Crippen molar-refractivity contribution in [3.63, 3.8) is 0 Å². The Bertz CT molecular complexity index is 3210. The smallest absolute Gasteiger partial charge is 0.335 e. The number of hydrogen-bond acceptors (Lipinski definition) is 3. The van der Waals surface area contributed by atoms with E-state index < -0.39 is 5.97 Å². The van der Waals surface area contributed by atoms with E-state index in [2.05, 4.69) is 137 Å². The van der Waals surface area contributed by atoms with Gasteiger partial charge in [-0.3, -0.25) is 0 Å². The number of H-pyrrole nitrogens is 2. The summed E-state index contributed by atoms with van der Waals surface area (Å²) in [7, 11) is 0. The molecule has 0 amide bonds. The fraction of sp³-hybridized carbons (Fsp3) is 0. The van der Waals surface area contributed by atoms with Gasteiger partial charge in [-0.15, -0.1) is 0 Å². The van der Waals surface area contributed by atoms with Crippen LogP contribution in [0.4, 0.5) is 0 Å². The van der Waals surface area contributed by atoms with E-state index in [1.807, 2.05) is 48.5 Å². The first-order valence-corrected chi connectivity index (χ1v) is 19.3. The number of carbonyl (C=O) groups is 1. The predicted octanol–water partition coefficient (Wildman–Crippen LogP) is 12.4. The van der Waals surface area contributed by atoms with Gasteiger partial charge in [0.15, 0.2) is 0 Å². The van der Waals surface area contributed by atoms with Crippen LogP contribution in [0.3, 0.4) is 0 Å². The molecule has 10 rings (SSSR count). The summed E-state index contributed by atoms with van der Waals surface area (Å²) in [5.74, 6) is 5.82. The minimum absolute atomic E-state index is 0.209. The number of rotatable bonds is 5. The Morgan fingerprint density at radius 3 is 1.29 bits per heavy atom. The lowest BCUT2D eigenvalue weighted by molar-refractivity contribution is 0.0697. The Morgan fingerprint density at radius 2 is 0.847 bits per heavy atom. The van der Waals surface area contributed by atoms with Gasteiger partial charge in [0.05, 0.1) is 39.4 Å². The van der Waals surface area contributed by atoms with Gasteiger partial charge in [-0.05, 0) is 89.0 Å². The van der Waals surface area contributed by atoms with Crippen molar-refractivity contribution in [1.82, 2.24) is 19.9 Å². The zero-order valence-corrected chi connectivity index (χ0v) is 31.6. The van der Waals surface area contributed by atoms with E-state index in [9.17, 15) is 9.90 Å². The molecule has 2 aliphatic heterocycles. The van der Waals surface area contributed by atoms with E-state index >= 15 is 0 Å². The number of nitrogens with one attached hydrogen (secondary N) is 2. The first-order valence-electron chi connectivity index (χ1n) is 19.3. The standard InChI is InChI=1S/C53H34N4O2/c58-53(59)39-24-21-34(22-25-39)23-26-40-33-47-50(37-17-9-3-10-18-37)45-30-29-43(55-45)48(35-13-5-1-6-14-35)41-27-28-42(54-41)49(36-15-7-2-8-16-36)44-31-32-46(56-44)51(52(40)57-47)38-19-11-4-12-20-38/h1-22,24-25,27-33,54,57H,(H,58,59). The number of nitrogens with zero attached hydrogens (tertiary/aromatic N) is 2. The largest absolute Gasteiger partial charge is 0.478 e. The van der Waals surface area contributed by atoms with Gasteiger partial charge in [-0.25, -0.2) is 14.8 Å². The second-order valence-electron chi connectivity index (χ2n) is 14.3. The molecule has 3 N–H and O–H groups in total. The van der Waals surface area contributed by atoms with Crippen molar-refractivity contribution in [1.29, 1.82) is 0 Å². The molecule has 5 heterocycles. The number of aromatic carboxylic acids is 1. The molecular weight excluding hydrogens is 725 g/mol. The normalized spacial score (nSPS) is 11.6. The lowest BCUT2D eigenvalue weighted by atomic mass is 10.0. The quantitative estimate of drug-likeness (QED) is 0.152. The molecule has 0 saturated heterocycles. The maximum Gasteiger partial charge on any atom is 0.335 e. The highest BCUT2D eigenvalue weighted by molar-refractivity contribution is 6.01. The van der Waals surface area contributed by atoms with Gasteiger partial charge in [0.25, 0.3) is 0 Å². The SMILES string of the molecule is O=C(O)c1ccc(C#Cc2cc3[nH]c2c(-c2ccccc2)c2nc(c(-c4ccccc4)c4ccc([nH]4)c(-c4ccccc4)c4nc(c3-c3ccccc3)C=C4)C=C2)cc1. The molecule has 0 fully saturated rings. The number of carboxylic acid groups (broad SMARTS) is 1. The predicted molar refractivity (Wildman–Crippen MR) is 240 cm³/mol. The van der Waals surface area contributed by atoms with Gasteiger partial charge < -0.3 is 15.1 Å². The summed E-state index contributed by atoms with van der Waals surface area (Å²) in [5, 5.41) is 9.51. The average Bonchev–Trinajstić information content (AvgIpc) is 4.12. The molecule has 8 bridgehead atoms. The molecule has 6 nitrogen and oxygen atoms in total. The maximum absolute atomic E-state index is 11.6. The lowest BCUT2D eigenvalue weighted by Crippen LogP contribution is -1.94. The highest BCUT2D eigenvalue weighted by Gasteiger charge is 2.20. The maximum atomic E-state index is 11.6. The topological polar surface area (TPSA) is 94.7 Å². The molecule has 0 unspecified atom stereocenters. The third-order valence-corrected chi connectivity index (χ3v) is 10.6. The second kappa shape index (κ2) is 15.0. The number of benzene rings is 5. The number of aromatic nitrogens is 4. The van der Waals surface area contributed by atoms with Crippen LogP contribution in [0.2, 0.25) is 0 Å². The van der Waals surface area contributed by atoms with E-state index in [1.54, 1.807) is 24.3 Å². The van der Waals surface area contributed by atoms with Crippen molar-refractivity contribution >= 4 is 52.3 Å². The van der Waals surface area contributed by atoms with Crippen LogP contribution in [0.25, 0.3) is 90.9 Å². The highest BCUT2D eigenvalue weighted by atomic mass is 16.4. The van der Waals surface area contributed by atoms with Crippen LogP contribution < -0.4 is 0 Å². The summed E-state index contributed by atoms with van der Waals surface area (Å²) in [4.78, 5) is 30.1. The summed E-state index contributed by atoms with van der Waals surface area (Å²) >= 11 is 0. The van der Waals surface area contributed by atoms with Gasteiger partial charge in [0, 0.05) is 44.4 Å². The number of aromatic amines is 2. The summed E-state index contributed by atoms with van der Waals surface area (Å²) in [6.45, 7) is 0. The Balaban J connectivity index is 1.39. The molecule has 0 atom stereocenters. The monoisotopic (exact) mass is 758 g/mol. The van der Waals surface area contributed by atoms with Crippen LogP contribution in [0.1, 0.15) is 44.3 Å². The Morgan fingerprint density at radius 1 is 0.441 bits per heavy atom. The van der Waals surface area contributed by atoms with Crippen LogP contribution in [-0.4, -0.2) is 31.0 Å². The van der Waals surface area contributed by atoms with Gasteiger partial charge in [0.2, 0.25) is 0 Å². The van der Waals surface area contributed by atoms with Crippen LogP contribution in [0.15, 0.2) is 164 Å². The number of hydrogen-bond donors (Lipinski definition) is 3. The summed E-state index contributed by atoms with van der Waals surface area (Å²) in [6.07, 6.45) is 8.36. The van der Waals surface area contributed by atoms with E-state index in [1.165, 1.54) is 0 Å². The highest BCUT2D eigenvalue weighted by Crippen LogP contribution is 2.39. The van der Waals surface area contributed by atoms with Crippen LogP contribution in [0, 0.1) is 11.8 Å². The molecule has 0 saturated carbocycles. The van der Waals surface area contributed by atoms with E-state index in [-0.39, 0.29) is 5.56 Å². The zero-order valence-electron chi connectivity index (χ0n) is 31.6. The molecule has 278 valence electrons. The van der Waals surface area contributed by atoms with Crippen molar-refractivity contribution in [3.8, 4) is 56.3 Å². The van der Waals surface area contributed by atoms with Crippen LogP contribution >= 0.6 is 0 Å². The molecule has 0 spiro atoms. The fourth-order valence-corrected chi connectivity index (χ4v) is 7.85. The van der Waals surface area contributed by atoms with Crippen molar-refractivity contribution in [2.75, 3.05) is 0 Å². The number of fused-ring (bicyclic) bond motifs is 8. The van der Waals surface area contributed by atoms with E-state index in [4.69, 9.17) is 9.97 Å². The molecule has 5 aromatic carbocycles. The molecule has 59 heavy (non-hydrogen) atoms. The molecule has 2 aliphatic rings. The summed E-state index contributed by atoms with van der Waals surface area (Å²) in [6, 6.07) is 54.3. The Kier molecular flexibility index (Phi) is 8.94. The average molecular weight is 759 g/mol. The minimum Gasteiger partial charge on any atom is -0.478 e. The van der Waals surface area contributed by atoms with Crippen molar-refractivity contribution in [3.05, 3.63) is 203 Å². The van der Waals surface area contributed by atoms with Gasteiger partial charge >= 0.3 is 5.97 Å². The first kappa shape index (κ1) is 35.2. The van der Waals surface area contributed by atoms with Crippen molar-refractivity contribution < 1.29 is 9.90 Å². The number of carboxylic acids is 1. The van der Waals surface area contributed by atoms with E-state index in [0.717, 1.165) is 94.9 Å². The molecule has 8 aromatic rings. The molecule has 3 aromatic heterocycles. The molecule has 0 aliphatic carbocycles. The van der Waals surface area contributed by atoms with Crippen molar-refractivity contribution in [2.45, 2.75) is 0 Å². The molecule has 6 heteroatoms. The Hall–Kier alpha value is -8.27. The summed E-state index contributed by atoms with van der Waals surface area (Å²) in [5.41, 5.74) is 16.3. The lowest BCUT2D eigenvalue weighted by Gasteiger charge is -2.07. The first-order chi connectivity index (χ1) is 29.1. The van der Waals surface area contributed by atoms with Crippen LogP contribution in [-0.2, 0) is 0 Å². The molecular formula is C53H34N4O2. The van der Waals surface area contributed by atoms with Gasteiger partial charge in [-0.2, -0.15) is 0 Å². The van der Waals surface area contributed by atoms with Crippen molar-refractivity contribution in [2.24, 2.45) is 0 Å². The van der Waals surface area contributed by atoms with E-state index in [0.29, 0.717) is 5.56 Å². The van der Waals surface area contributed by atoms with Gasteiger partial charge in [-0.1, -0.05) is 133 Å². The Labute approximate surface area is 340 Å². The fourth-order valence-electron chi connectivity index (χ4n) is 7.85. The summed E-state index contributed by atoms with van der Waals surface area (Å²) < 4.78 is 0. The third kappa shape index (κ3) is 6.73. The molecule has 0 radical (unpaired) electrons. The zero-order chi connectivity index (χ0) is 39.7. The minimum atomic E-state index is -0.979. The second-order valence-corrected chi connectivity index (χ2v) is 14.3. The van der Waals surface area contributed by atoms with Gasteiger partial charge in [0.1, 0.15) is 0 Å². The van der Waals surface area contributed by atoms with Crippen LogP contribution in [0.5, 0.6) is 0 Å².